The predicted molar refractivity (Wildman–Crippen MR) is 211 cm³/mol. The highest BCUT2D eigenvalue weighted by atomic mass is 16.8. The lowest BCUT2D eigenvalue weighted by Crippen LogP contribution is -2.67. The lowest BCUT2D eigenvalue weighted by Gasteiger charge is -2.71. The standard InChI is InChI=1S/C45H72O13/c1-9-10-21-54-36(51)34-31(48)32(49)35(58-37-33(50)30(47)26(46)23-55-37)38(57-34)56-29-14-15-42(6)27(41(29,4)5)13-16-44(8)28(42)12-11-24-25-22-40(2,3)17-19-45(25,39(52)53)20-18-43(24,44)7/h11,25-35,37-38,46-50H,9-10,12-23H2,1-8H3,(H,52,53). The fourth-order valence-corrected chi connectivity index (χ4v) is 13.7. The molecule has 0 radical (unpaired) electrons. The summed E-state index contributed by atoms with van der Waals surface area (Å²) in [7, 11) is 0. The first-order valence-corrected chi connectivity index (χ1v) is 22.2. The van der Waals surface area contributed by atoms with Crippen LogP contribution in [0, 0.1) is 50.2 Å². The van der Waals surface area contributed by atoms with Gasteiger partial charge in [-0.25, -0.2) is 4.79 Å². The van der Waals surface area contributed by atoms with E-state index in [0.29, 0.717) is 25.2 Å². The van der Waals surface area contributed by atoms with E-state index in [1.165, 1.54) is 5.57 Å². The maximum Gasteiger partial charge on any atom is 0.338 e. The van der Waals surface area contributed by atoms with Gasteiger partial charge in [-0.05, 0) is 115 Å². The SMILES string of the molecule is CCCCOC(=O)C1OC(OC2CCC3(C)C(CCC4(C)C3CC=C3C5CC(C)(C)CCC5(C(=O)O)CCC34C)C2(C)C)C(OC2OCC(O)C(O)C2O)C(O)C1O. The first-order valence-electron chi connectivity index (χ1n) is 22.2. The molecule has 7 aliphatic rings. The number of ether oxygens (including phenoxy) is 5. The van der Waals surface area contributed by atoms with Crippen LogP contribution in [0.4, 0.5) is 0 Å². The van der Waals surface area contributed by atoms with Crippen molar-refractivity contribution in [3.8, 4) is 0 Å². The number of unbranched alkanes of at least 4 members (excludes halogenated alkanes) is 1. The summed E-state index contributed by atoms with van der Waals surface area (Å²) < 4.78 is 30.0. The molecule has 0 aromatic rings. The van der Waals surface area contributed by atoms with Crippen LogP contribution in [0.5, 0.6) is 0 Å². The van der Waals surface area contributed by atoms with E-state index in [1.807, 2.05) is 6.92 Å². The average molecular weight is 821 g/mol. The van der Waals surface area contributed by atoms with E-state index >= 15 is 0 Å². The van der Waals surface area contributed by atoms with E-state index in [4.69, 9.17) is 23.7 Å². The third-order valence-corrected chi connectivity index (χ3v) is 17.6. The van der Waals surface area contributed by atoms with Gasteiger partial charge in [0.15, 0.2) is 18.7 Å². The van der Waals surface area contributed by atoms with Gasteiger partial charge < -0.3 is 54.3 Å². The minimum atomic E-state index is -1.75. The number of carbonyl (C=O) groups is 2. The second-order valence-electron chi connectivity index (χ2n) is 21.4. The molecule has 5 aliphatic carbocycles. The maximum atomic E-state index is 13.2. The van der Waals surface area contributed by atoms with Crippen LogP contribution < -0.4 is 0 Å². The molecular weight excluding hydrogens is 748 g/mol. The molecular formula is C45H72O13. The van der Waals surface area contributed by atoms with E-state index in [-0.39, 0.29) is 46.7 Å². The molecule has 6 N–H and O–H groups in total. The average Bonchev–Trinajstić information content (AvgIpc) is 3.15. The summed E-state index contributed by atoms with van der Waals surface area (Å²) in [5.74, 6) is -0.847. The van der Waals surface area contributed by atoms with Gasteiger partial charge in [0.1, 0.15) is 36.6 Å². The Morgan fingerprint density at radius 1 is 0.810 bits per heavy atom. The van der Waals surface area contributed by atoms with Gasteiger partial charge in [-0.15, -0.1) is 0 Å². The van der Waals surface area contributed by atoms with Crippen molar-refractivity contribution >= 4 is 11.9 Å². The second kappa shape index (κ2) is 15.6. The summed E-state index contributed by atoms with van der Waals surface area (Å²) >= 11 is 0. The van der Waals surface area contributed by atoms with Crippen molar-refractivity contribution in [1.82, 2.24) is 0 Å². The monoisotopic (exact) mass is 820 g/mol. The van der Waals surface area contributed by atoms with Crippen molar-refractivity contribution in [3.63, 3.8) is 0 Å². The summed E-state index contributed by atoms with van der Waals surface area (Å²) in [6.07, 6.45) is -2.01. The molecule has 0 bridgehead atoms. The zero-order valence-corrected chi connectivity index (χ0v) is 36.0. The van der Waals surface area contributed by atoms with Crippen molar-refractivity contribution < 1.29 is 63.9 Å². The Bertz CT molecular complexity index is 1580. The molecule has 0 aromatic heterocycles. The number of fused-ring (bicyclic) bond motifs is 7. The van der Waals surface area contributed by atoms with E-state index in [0.717, 1.165) is 57.8 Å². The largest absolute Gasteiger partial charge is 0.481 e. The minimum absolute atomic E-state index is 0.0334. The topological polar surface area (TPSA) is 202 Å². The van der Waals surface area contributed by atoms with Gasteiger partial charge >= 0.3 is 11.9 Å². The van der Waals surface area contributed by atoms with Gasteiger partial charge in [-0.2, -0.15) is 0 Å². The number of carboxylic acids is 1. The number of allylic oxidation sites excluding steroid dienone is 2. The van der Waals surface area contributed by atoms with Crippen molar-refractivity contribution in [1.29, 1.82) is 0 Å². The molecule has 17 unspecified atom stereocenters. The smallest absolute Gasteiger partial charge is 0.338 e. The number of carbonyl (C=O) groups excluding carboxylic acids is 1. The highest BCUT2D eigenvalue weighted by molar-refractivity contribution is 5.77. The molecule has 0 spiro atoms. The van der Waals surface area contributed by atoms with E-state index < -0.39 is 84.2 Å². The van der Waals surface area contributed by atoms with Crippen molar-refractivity contribution in [3.05, 3.63) is 11.6 Å². The molecule has 2 heterocycles. The van der Waals surface area contributed by atoms with Crippen molar-refractivity contribution in [2.45, 2.75) is 194 Å². The molecule has 7 rings (SSSR count). The third-order valence-electron chi connectivity index (χ3n) is 17.6. The Hall–Kier alpha value is -1.68. The van der Waals surface area contributed by atoms with Crippen LogP contribution in [0.25, 0.3) is 0 Å². The van der Waals surface area contributed by atoms with Gasteiger partial charge in [0.25, 0.3) is 0 Å². The molecule has 0 amide bonds. The number of aliphatic carboxylic acids is 1. The normalized spacial score (nSPS) is 49.6. The van der Waals surface area contributed by atoms with Crippen LogP contribution in [0.2, 0.25) is 0 Å². The summed E-state index contributed by atoms with van der Waals surface area (Å²) in [5, 5.41) is 64.6. The van der Waals surface area contributed by atoms with Crippen molar-refractivity contribution in [2.24, 2.45) is 50.2 Å². The van der Waals surface area contributed by atoms with Gasteiger partial charge in [0.2, 0.25) is 0 Å². The summed E-state index contributed by atoms with van der Waals surface area (Å²) in [5.41, 5.74) is 0.142. The third kappa shape index (κ3) is 6.93. The maximum absolute atomic E-state index is 13.2. The Morgan fingerprint density at radius 2 is 1.52 bits per heavy atom. The number of aliphatic hydroxyl groups excluding tert-OH is 5. The lowest BCUT2D eigenvalue weighted by molar-refractivity contribution is -0.366. The minimum Gasteiger partial charge on any atom is -0.481 e. The Morgan fingerprint density at radius 3 is 2.21 bits per heavy atom. The molecule has 2 aliphatic heterocycles. The quantitative estimate of drug-likeness (QED) is 0.0797. The summed E-state index contributed by atoms with van der Waals surface area (Å²) in [4.78, 5) is 26.3. The highest BCUT2D eigenvalue weighted by Crippen LogP contribution is 2.76. The van der Waals surface area contributed by atoms with Gasteiger partial charge in [-0.3, -0.25) is 4.79 Å². The zero-order valence-electron chi connectivity index (χ0n) is 36.0. The van der Waals surface area contributed by atoms with Gasteiger partial charge in [-0.1, -0.05) is 73.5 Å². The van der Waals surface area contributed by atoms with Crippen LogP contribution in [-0.4, -0.2) is 117 Å². The highest BCUT2D eigenvalue weighted by Gasteiger charge is 2.70. The molecule has 13 heteroatoms. The Labute approximate surface area is 344 Å². The van der Waals surface area contributed by atoms with Crippen LogP contribution in [0.1, 0.15) is 132 Å². The number of hydrogen-bond donors (Lipinski definition) is 6. The number of carboxylic acid groups (broad SMARTS) is 1. The zero-order chi connectivity index (χ0) is 42.4. The number of esters is 1. The van der Waals surface area contributed by atoms with Crippen LogP contribution in [0.15, 0.2) is 11.6 Å². The molecule has 330 valence electrons. The van der Waals surface area contributed by atoms with Crippen LogP contribution in [0.3, 0.4) is 0 Å². The lowest BCUT2D eigenvalue weighted by atomic mass is 9.33. The van der Waals surface area contributed by atoms with Gasteiger partial charge in [0.05, 0.1) is 24.7 Å². The molecule has 0 aromatic carbocycles. The van der Waals surface area contributed by atoms with E-state index in [2.05, 4.69) is 54.5 Å². The molecule has 13 nitrogen and oxygen atoms in total. The first kappa shape index (κ1) is 44.4. The Kier molecular flexibility index (Phi) is 11.9. The number of rotatable bonds is 9. The number of aliphatic hydroxyl groups is 5. The fourth-order valence-electron chi connectivity index (χ4n) is 13.7. The number of hydrogen-bond acceptors (Lipinski definition) is 12. The molecule has 6 fully saturated rings. The van der Waals surface area contributed by atoms with E-state index in [1.54, 1.807) is 0 Å². The molecule has 58 heavy (non-hydrogen) atoms. The van der Waals surface area contributed by atoms with E-state index in [9.17, 15) is 40.2 Å². The van der Waals surface area contributed by atoms with Gasteiger partial charge in [0, 0.05) is 0 Å². The summed E-state index contributed by atoms with van der Waals surface area (Å²) in [6, 6.07) is 0. The second-order valence-corrected chi connectivity index (χ2v) is 21.4. The summed E-state index contributed by atoms with van der Waals surface area (Å²) in [6.45, 7) is 18.1. The molecule has 4 saturated carbocycles. The first-order chi connectivity index (χ1) is 27.1. The predicted octanol–water partition coefficient (Wildman–Crippen LogP) is 4.87. The molecule has 2 saturated heterocycles. The molecule has 17 atom stereocenters. The Balaban J connectivity index is 1.15. The fraction of sp³-hybridized carbons (Fsp3) is 0.911. The van der Waals surface area contributed by atoms with Crippen LogP contribution in [-0.2, 0) is 33.3 Å². The van der Waals surface area contributed by atoms with Crippen molar-refractivity contribution in [2.75, 3.05) is 13.2 Å². The van der Waals surface area contributed by atoms with Crippen LogP contribution >= 0.6 is 0 Å².